The standard InChI is InChI=1S/C16H23N3O/c1-4-16(2,3)19-15(20)13(17)9-11-10-18-14-8-6-5-7-12(11)14/h5-8,10,13,18H,4,9,17H2,1-3H3,(H,19,20)/t13-/m1/s1. The summed E-state index contributed by atoms with van der Waals surface area (Å²) in [5.74, 6) is -0.0952. The number of nitrogens with one attached hydrogen (secondary N) is 2. The van der Waals surface area contributed by atoms with Crippen LogP contribution < -0.4 is 11.1 Å². The van der Waals surface area contributed by atoms with Crippen molar-refractivity contribution in [3.05, 3.63) is 36.0 Å². The first-order valence-electron chi connectivity index (χ1n) is 7.05. The zero-order valence-electron chi connectivity index (χ0n) is 12.4. The van der Waals surface area contributed by atoms with E-state index in [-0.39, 0.29) is 11.4 Å². The van der Waals surface area contributed by atoms with Gasteiger partial charge in [-0.2, -0.15) is 0 Å². The molecule has 0 saturated carbocycles. The summed E-state index contributed by atoms with van der Waals surface area (Å²) in [6.07, 6.45) is 3.34. The average Bonchev–Trinajstić information content (AvgIpc) is 2.82. The van der Waals surface area contributed by atoms with Crippen LogP contribution in [0.5, 0.6) is 0 Å². The van der Waals surface area contributed by atoms with Gasteiger partial charge in [0, 0.05) is 22.6 Å². The van der Waals surface area contributed by atoms with Crippen LogP contribution in [0.15, 0.2) is 30.5 Å². The van der Waals surface area contributed by atoms with Crippen molar-refractivity contribution in [3.63, 3.8) is 0 Å². The van der Waals surface area contributed by atoms with Gasteiger partial charge in [0.15, 0.2) is 0 Å². The smallest absolute Gasteiger partial charge is 0.237 e. The molecule has 0 saturated heterocycles. The Bertz CT molecular complexity index is 601. The number of nitrogens with two attached hydrogens (primary N) is 1. The Labute approximate surface area is 119 Å². The van der Waals surface area contributed by atoms with Gasteiger partial charge in [0.2, 0.25) is 5.91 Å². The molecule has 20 heavy (non-hydrogen) atoms. The highest BCUT2D eigenvalue weighted by Crippen LogP contribution is 2.19. The number of hydrogen-bond donors (Lipinski definition) is 3. The molecule has 1 amide bonds. The van der Waals surface area contributed by atoms with E-state index in [9.17, 15) is 4.79 Å². The Morgan fingerprint density at radius 3 is 2.80 bits per heavy atom. The molecule has 4 heteroatoms. The Morgan fingerprint density at radius 2 is 2.10 bits per heavy atom. The van der Waals surface area contributed by atoms with Crippen LogP contribution in [0.2, 0.25) is 0 Å². The van der Waals surface area contributed by atoms with Crippen LogP contribution in [0, 0.1) is 0 Å². The van der Waals surface area contributed by atoms with Crippen LogP contribution in [0.1, 0.15) is 32.8 Å². The van der Waals surface area contributed by atoms with E-state index in [1.54, 1.807) is 0 Å². The number of fused-ring (bicyclic) bond motifs is 1. The lowest BCUT2D eigenvalue weighted by Gasteiger charge is -2.26. The van der Waals surface area contributed by atoms with E-state index in [0.717, 1.165) is 22.9 Å². The molecule has 1 aromatic carbocycles. The van der Waals surface area contributed by atoms with E-state index in [2.05, 4.69) is 10.3 Å². The van der Waals surface area contributed by atoms with Crippen molar-refractivity contribution >= 4 is 16.8 Å². The topological polar surface area (TPSA) is 70.9 Å². The minimum absolute atomic E-state index is 0.0952. The van der Waals surface area contributed by atoms with Crippen LogP contribution in [0.4, 0.5) is 0 Å². The number of H-pyrrole nitrogens is 1. The molecular weight excluding hydrogens is 250 g/mol. The molecule has 0 aliphatic rings. The lowest BCUT2D eigenvalue weighted by molar-refractivity contribution is -0.123. The minimum Gasteiger partial charge on any atom is -0.361 e. The maximum Gasteiger partial charge on any atom is 0.237 e. The number of hydrogen-bond acceptors (Lipinski definition) is 2. The zero-order chi connectivity index (χ0) is 14.8. The van der Waals surface area contributed by atoms with Crippen molar-refractivity contribution in [2.24, 2.45) is 5.73 Å². The molecule has 108 valence electrons. The summed E-state index contributed by atoms with van der Waals surface area (Å²) < 4.78 is 0. The van der Waals surface area contributed by atoms with Crippen molar-refractivity contribution in [1.82, 2.24) is 10.3 Å². The quantitative estimate of drug-likeness (QED) is 0.782. The van der Waals surface area contributed by atoms with E-state index in [0.29, 0.717) is 6.42 Å². The second kappa shape index (κ2) is 5.67. The van der Waals surface area contributed by atoms with Gasteiger partial charge in [-0.15, -0.1) is 0 Å². The zero-order valence-corrected chi connectivity index (χ0v) is 12.4. The van der Waals surface area contributed by atoms with Gasteiger partial charge in [-0.05, 0) is 38.3 Å². The third-order valence-corrected chi connectivity index (χ3v) is 3.80. The van der Waals surface area contributed by atoms with Crippen LogP contribution in [-0.2, 0) is 11.2 Å². The molecule has 4 N–H and O–H groups in total. The van der Waals surface area contributed by atoms with Crippen LogP contribution in [-0.4, -0.2) is 22.5 Å². The number of amides is 1. The molecule has 0 fully saturated rings. The average molecular weight is 273 g/mol. The van der Waals surface area contributed by atoms with Gasteiger partial charge in [0.05, 0.1) is 6.04 Å². The van der Waals surface area contributed by atoms with Crippen molar-refractivity contribution in [1.29, 1.82) is 0 Å². The van der Waals surface area contributed by atoms with E-state index >= 15 is 0 Å². The lowest BCUT2D eigenvalue weighted by atomic mass is 10.00. The number of benzene rings is 1. The number of carbonyl (C=O) groups is 1. The summed E-state index contributed by atoms with van der Waals surface area (Å²) >= 11 is 0. The van der Waals surface area contributed by atoms with E-state index in [1.807, 2.05) is 51.2 Å². The normalized spacial score (nSPS) is 13.4. The fourth-order valence-corrected chi connectivity index (χ4v) is 2.14. The Kier molecular flexibility index (Phi) is 4.14. The first-order chi connectivity index (χ1) is 9.43. The monoisotopic (exact) mass is 273 g/mol. The molecule has 0 aliphatic carbocycles. The van der Waals surface area contributed by atoms with Gasteiger partial charge >= 0.3 is 0 Å². The van der Waals surface area contributed by atoms with Crippen LogP contribution in [0.3, 0.4) is 0 Å². The first-order valence-corrected chi connectivity index (χ1v) is 7.05. The minimum atomic E-state index is -0.528. The third-order valence-electron chi connectivity index (χ3n) is 3.80. The molecule has 1 atom stereocenters. The largest absolute Gasteiger partial charge is 0.361 e. The first kappa shape index (κ1) is 14.6. The van der Waals surface area contributed by atoms with Gasteiger partial charge in [-0.25, -0.2) is 0 Å². The highest BCUT2D eigenvalue weighted by atomic mass is 16.2. The number of carbonyl (C=O) groups excluding carboxylic acids is 1. The highest BCUT2D eigenvalue weighted by molar-refractivity contribution is 5.86. The predicted octanol–water partition coefficient (Wildman–Crippen LogP) is 2.34. The molecule has 0 aliphatic heterocycles. The van der Waals surface area contributed by atoms with Gasteiger partial charge in [-0.1, -0.05) is 25.1 Å². The number of rotatable bonds is 5. The van der Waals surface area contributed by atoms with Crippen molar-refractivity contribution in [2.75, 3.05) is 0 Å². The molecule has 1 heterocycles. The summed E-state index contributed by atoms with van der Waals surface area (Å²) in [6, 6.07) is 7.51. The molecule has 0 radical (unpaired) electrons. The van der Waals surface area contributed by atoms with Crippen molar-refractivity contribution in [2.45, 2.75) is 45.2 Å². The molecule has 2 rings (SSSR count). The molecule has 4 nitrogen and oxygen atoms in total. The van der Waals surface area contributed by atoms with E-state index < -0.39 is 6.04 Å². The molecular formula is C16H23N3O. The second-order valence-electron chi connectivity index (χ2n) is 5.90. The van der Waals surface area contributed by atoms with Gasteiger partial charge in [0.25, 0.3) is 0 Å². The van der Waals surface area contributed by atoms with Gasteiger partial charge in [0.1, 0.15) is 0 Å². The summed E-state index contributed by atoms with van der Waals surface area (Å²) in [4.78, 5) is 15.3. The molecule has 0 bridgehead atoms. The maximum absolute atomic E-state index is 12.1. The molecule has 2 aromatic rings. The maximum atomic E-state index is 12.1. The fraction of sp³-hybridized carbons (Fsp3) is 0.438. The van der Waals surface area contributed by atoms with Gasteiger partial charge in [-0.3, -0.25) is 4.79 Å². The molecule has 1 aromatic heterocycles. The SMILES string of the molecule is CCC(C)(C)NC(=O)[C@H](N)Cc1c[nH]c2ccccc12. The summed E-state index contributed by atoms with van der Waals surface area (Å²) in [5.41, 5.74) is 7.98. The Hall–Kier alpha value is -1.81. The molecule has 0 unspecified atom stereocenters. The third kappa shape index (κ3) is 3.20. The Morgan fingerprint density at radius 1 is 1.40 bits per heavy atom. The summed E-state index contributed by atoms with van der Waals surface area (Å²) in [6.45, 7) is 6.05. The van der Waals surface area contributed by atoms with E-state index in [4.69, 9.17) is 5.73 Å². The van der Waals surface area contributed by atoms with E-state index in [1.165, 1.54) is 0 Å². The highest BCUT2D eigenvalue weighted by Gasteiger charge is 2.22. The second-order valence-corrected chi connectivity index (χ2v) is 5.90. The van der Waals surface area contributed by atoms with Crippen molar-refractivity contribution in [3.8, 4) is 0 Å². The number of aromatic amines is 1. The van der Waals surface area contributed by atoms with Crippen molar-refractivity contribution < 1.29 is 4.79 Å². The van der Waals surface area contributed by atoms with Crippen LogP contribution in [0.25, 0.3) is 10.9 Å². The number of para-hydroxylation sites is 1. The predicted molar refractivity (Wildman–Crippen MR) is 82.5 cm³/mol. The molecule has 0 spiro atoms. The summed E-state index contributed by atoms with van der Waals surface area (Å²) in [5, 5.41) is 4.12. The number of aromatic nitrogens is 1. The summed E-state index contributed by atoms with van der Waals surface area (Å²) in [7, 11) is 0. The van der Waals surface area contributed by atoms with Crippen LogP contribution >= 0.6 is 0 Å². The van der Waals surface area contributed by atoms with Gasteiger partial charge < -0.3 is 16.0 Å². The fourth-order valence-electron chi connectivity index (χ4n) is 2.14. The lowest BCUT2D eigenvalue weighted by Crippen LogP contribution is -2.50. The Balaban J connectivity index is 2.08.